The quantitative estimate of drug-likeness (QED) is 0.440. The van der Waals surface area contributed by atoms with Crippen LogP contribution in [-0.2, 0) is 29.4 Å². The number of ether oxygens (including phenoxy) is 2. The number of nitrogens with one attached hydrogen (secondary N) is 1. The van der Waals surface area contributed by atoms with Crippen molar-refractivity contribution in [2.75, 3.05) is 20.3 Å². The van der Waals surface area contributed by atoms with Crippen LogP contribution in [0.2, 0.25) is 0 Å². The van der Waals surface area contributed by atoms with Crippen molar-refractivity contribution < 1.29 is 19.4 Å². The van der Waals surface area contributed by atoms with Crippen molar-refractivity contribution in [2.45, 2.75) is 51.7 Å². The fourth-order valence-corrected chi connectivity index (χ4v) is 4.22. The lowest BCUT2D eigenvalue weighted by Crippen LogP contribution is -2.40. The van der Waals surface area contributed by atoms with Gasteiger partial charge in [0.05, 0.1) is 12.6 Å². The van der Waals surface area contributed by atoms with Crippen LogP contribution in [0.5, 0.6) is 0 Å². The van der Waals surface area contributed by atoms with Gasteiger partial charge in [-0.3, -0.25) is 0 Å². The monoisotopic (exact) mass is 402 g/mol. The van der Waals surface area contributed by atoms with Crippen LogP contribution in [0.1, 0.15) is 37.8 Å². The second-order valence-electron chi connectivity index (χ2n) is 8.58. The first-order chi connectivity index (χ1) is 13.9. The van der Waals surface area contributed by atoms with Gasteiger partial charge in [0.15, 0.2) is 0 Å². The Hall–Kier alpha value is -2.05. The third-order valence-electron chi connectivity index (χ3n) is 6.05. The predicted octanol–water partition coefficient (Wildman–Crippen LogP) is 4.00. The van der Waals surface area contributed by atoms with Gasteiger partial charge in [-0.1, -0.05) is 19.9 Å². The lowest BCUT2D eigenvalue weighted by molar-refractivity contribution is 0.179. The highest BCUT2D eigenvalue weighted by Crippen LogP contribution is 2.29. The van der Waals surface area contributed by atoms with Crippen molar-refractivity contribution >= 4 is 17.0 Å². The number of rotatable bonds is 11. The van der Waals surface area contributed by atoms with E-state index >= 15 is 0 Å². The van der Waals surface area contributed by atoms with E-state index in [0.717, 1.165) is 32.3 Å². The van der Waals surface area contributed by atoms with E-state index in [1.54, 1.807) is 7.11 Å². The minimum atomic E-state index is -0.973. The van der Waals surface area contributed by atoms with Crippen LogP contribution in [0.25, 0.3) is 10.9 Å². The van der Waals surface area contributed by atoms with E-state index < -0.39 is 6.09 Å². The highest BCUT2D eigenvalue weighted by atomic mass is 16.6. The first-order valence-electron chi connectivity index (χ1n) is 10.6. The first kappa shape index (κ1) is 21.7. The highest BCUT2D eigenvalue weighted by Gasteiger charge is 2.36. The van der Waals surface area contributed by atoms with Gasteiger partial charge in [-0.25, -0.2) is 4.79 Å². The van der Waals surface area contributed by atoms with Crippen LogP contribution in [0.4, 0.5) is 4.79 Å². The Bertz CT molecular complexity index is 826. The maximum atomic E-state index is 11.2. The molecule has 1 aromatic heterocycles. The Morgan fingerprint density at radius 3 is 2.79 bits per heavy atom. The third-order valence-corrected chi connectivity index (χ3v) is 6.05. The summed E-state index contributed by atoms with van der Waals surface area (Å²) in [6.45, 7) is 5.85. The van der Waals surface area contributed by atoms with Crippen molar-refractivity contribution in [1.29, 1.82) is 0 Å². The van der Waals surface area contributed by atoms with E-state index in [1.807, 2.05) is 0 Å². The van der Waals surface area contributed by atoms with Gasteiger partial charge >= 0.3 is 6.09 Å². The lowest BCUT2D eigenvalue weighted by Gasteiger charge is -2.26. The molecule has 1 amide bonds. The summed E-state index contributed by atoms with van der Waals surface area (Å²) in [4.78, 5) is 11.2. The number of amides is 1. The zero-order valence-electron chi connectivity index (χ0n) is 18.0. The zero-order chi connectivity index (χ0) is 21.0. The Morgan fingerprint density at radius 2 is 2.17 bits per heavy atom. The minimum absolute atomic E-state index is 0.0244. The molecule has 1 aliphatic rings. The van der Waals surface area contributed by atoms with E-state index in [-0.39, 0.29) is 12.1 Å². The van der Waals surface area contributed by atoms with Gasteiger partial charge in [0, 0.05) is 37.9 Å². The van der Waals surface area contributed by atoms with Crippen LogP contribution >= 0.6 is 0 Å². The fraction of sp³-hybridized carbons (Fsp3) is 0.609. The highest BCUT2D eigenvalue weighted by molar-refractivity contribution is 5.84. The molecule has 3 unspecified atom stereocenters. The molecular formula is C23H34N2O4. The molecule has 2 heterocycles. The third kappa shape index (κ3) is 5.73. The van der Waals surface area contributed by atoms with E-state index in [9.17, 15) is 4.79 Å². The largest absolute Gasteiger partial charge is 0.465 e. The molecule has 6 heteroatoms. The van der Waals surface area contributed by atoms with Crippen molar-refractivity contribution in [3.8, 4) is 0 Å². The van der Waals surface area contributed by atoms with Crippen LogP contribution < -0.4 is 5.32 Å². The second-order valence-corrected chi connectivity index (χ2v) is 8.58. The maximum absolute atomic E-state index is 11.2. The van der Waals surface area contributed by atoms with Gasteiger partial charge in [-0.05, 0) is 60.8 Å². The topological polar surface area (TPSA) is 76.0 Å². The number of carbonyl (C=O) groups is 1. The maximum Gasteiger partial charge on any atom is 0.404 e. The van der Waals surface area contributed by atoms with E-state index in [2.05, 4.69) is 55.2 Å². The normalized spacial score (nSPS) is 18.2. The van der Waals surface area contributed by atoms with Gasteiger partial charge in [-0.2, -0.15) is 0 Å². The molecule has 0 spiro atoms. The van der Waals surface area contributed by atoms with Crippen LogP contribution in [-0.4, -0.2) is 48.2 Å². The van der Waals surface area contributed by atoms with Gasteiger partial charge in [0.2, 0.25) is 0 Å². The fourth-order valence-electron chi connectivity index (χ4n) is 4.22. The SMILES string of the molecule is COCCCc1cn(C)c2ccc(CC(CC(NC(=O)O)C3CO3)C(C)C)cc12. The average molecular weight is 403 g/mol. The summed E-state index contributed by atoms with van der Waals surface area (Å²) in [7, 11) is 3.84. The molecule has 2 aromatic rings. The average Bonchev–Trinajstić information content (AvgIpc) is 3.46. The Kier molecular flexibility index (Phi) is 7.19. The summed E-state index contributed by atoms with van der Waals surface area (Å²) in [5.74, 6) is 0.841. The van der Waals surface area contributed by atoms with Crippen molar-refractivity contribution in [3.05, 3.63) is 35.5 Å². The summed E-state index contributed by atoms with van der Waals surface area (Å²) >= 11 is 0. The van der Waals surface area contributed by atoms with E-state index in [0.29, 0.717) is 18.4 Å². The molecule has 0 bridgehead atoms. The summed E-state index contributed by atoms with van der Waals surface area (Å²) in [5.41, 5.74) is 3.92. The van der Waals surface area contributed by atoms with Crippen LogP contribution in [0.15, 0.2) is 24.4 Å². The molecular weight excluding hydrogens is 368 g/mol. The lowest BCUT2D eigenvalue weighted by atomic mass is 9.83. The predicted molar refractivity (Wildman–Crippen MR) is 114 cm³/mol. The second kappa shape index (κ2) is 9.63. The molecule has 0 aliphatic carbocycles. The molecule has 1 fully saturated rings. The van der Waals surface area contributed by atoms with Crippen LogP contribution in [0.3, 0.4) is 0 Å². The number of epoxide rings is 1. The molecule has 3 rings (SSSR count). The van der Waals surface area contributed by atoms with Gasteiger partial charge in [0.25, 0.3) is 0 Å². The molecule has 3 atom stereocenters. The van der Waals surface area contributed by atoms with Crippen LogP contribution in [0, 0.1) is 11.8 Å². The van der Waals surface area contributed by atoms with E-state index in [1.165, 1.54) is 22.0 Å². The van der Waals surface area contributed by atoms with Gasteiger partial charge in [0.1, 0.15) is 6.10 Å². The Morgan fingerprint density at radius 1 is 1.41 bits per heavy atom. The molecule has 0 radical (unpaired) electrons. The summed E-state index contributed by atoms with van der Waals surface area (Å²) in [6, 6.07) is 6.60. The number of hydrogen-bond donors (Lipinski definition) is 2. The number of fused-ring (bicyclic) bond motifs is 1. The Balaban J connectivity index is 1.76. The molecule has 29 heavy (non-hydrogen) atoms. The molecule has 160 valence electrons. The number of aromatic nitrogens is 1. The standard InChI is InChI=1S/C23H34N2O4/c1-15(2)18(12-20(22-14-29-22)24-23(26)27)10-16-7-8-21-19(11-16)17(13-25(21)3)6-5-9-28-4/h7-8,11,13,15,18,20,22,24H,5-6,9-10,12,14H2,1-4H3,(H,26,27). The van der Waals surface area contributed by atoms with Gasteiger partial charge in [-0.15, -0.1) is 0 Å². The molecule has 2 N–H and O–H groups in total. The first-order valence-corrected chi connectivity index (χ1v) is 10.6. The van der Waals surface area contributed by atoms with E-state index in [4.69, 9.17) is 14.6 Å². The molecule has 1 saturated heterocycles. The number of benzene rings is 1. The number of methoxy groups -OCH3 is 1. The number of aryl methyl sites for hydroxylation is 2. The summed E-state index contributed by atoms with van der Waals surface area (Å²) < 4.78 is 12.8. The zero-order valence-corrected chi connectivity index (χ0v) is 18.0. The molecule has 6 nitrogen and oxygen atoms in total. The molecule has 1 aliphatic heterocycles. The number of carboxylic acid groups (broad SMARTS) is 1. The smallest absolute Gasteiger partial charge is 0.404 e. The van der Waals surface area contributed by atoms with Crippen molar-refractivity contribution in [1.82, 2.24) is 9.88 Å². The molecule has 1 aromatic carbocycles. The van der Waals surface area contributed by atoms with Crippen molar-refractivity contribution in [3.63, 3.8) is 0 Å². The Labute approximate surface area is 173 Å². The summed E-state index contributed by atoms with van der Waals surface area (Å²) in [5, 5.41) is 13.1. The number of nitrogens with zero attached hydrogens (tertiary/aromatic N) is 1. The summed E-state index contributed by atoms with van der Waals surface area (Å²) in [6.07, 6.45) is 5.02. The minimum Gasteiger partial charge on any atom is -0.465 e. The van der Waals surface area contributed by atoms with Crippen molar-refractivity contribution in [2.24, 2.45) is 18.9 Å². The molecule has 0 saturated carbocycles. The van der Waals surface area contributed by atoms with Gasteiger partial charge < -0.3 is 24.5 Å². The number of hydrogen-bond acceptors (Lipinski definition) is 3.